The molecule has 1 fully saturated rings. The fraction of sp³-hybridized carbons (Fsp3) is 0.714. The highest BCUT2D eigenvalue weighted by Crippen LogP contribution is 2.19. The van der Waals surface area contributed by atoms with Crippen LogP contribution in [0.5, 0.6) is 0 Å². The third kappa shape index (κ3) is 4.34. The number of tetrazole rings is 1. The number of methoxy groups -OCH3 is 1. The predicted molar refractivity (Wildman–Crippen MR) is 81.7 cm³/mol. The van der Waals surface area contributed by atoms with Gasteiger partial charge in [0.2, 0.25) is 0 Å². The van der Waals surface area contributed by atoms with Crippen molar-refractivity contribution in [3.63, 3.8) is 0 Å². The van der Waals surface area contributed by atoms with E-state index < -0.39 is 0 Å². The number of morpholine rings is 1. The molecule has 0 unspecified atom stereocenters. The van der Waals surface area contributed by atoms with Crippen LogP contribution >= 0.6 is 0 Å². The summed E-state index contributed by atoms with van der Waals surface area (Å²) in [5.41, 5.74) is 0. The van der Waals surface area contributed by atoms with Crippen LogP contribution in [-0.2, 0) is 22.6 Å². The van der Waals surface area contributed by atoms with Gasteiger partial charge in [-0.15, -0.1) is 5.10 Å². The lowest BCUT2D eigenvalue weighted by Crippen LogP contribution is -2.40. The first-order chi connectivity index (χ1) is 11.4. The minimum absolute atomic E-state index is 0.0830. The fourth-order valence-corrected chi connectivity index (χ4v) is 2.73. The van der Waals surface area contributed by atoms with E-state index in [1.54, 1.807) is 11.8 Å². The standard InChI is InChI=1S/C14H23N7O2/c1-22-10-9-21-14(16-17-18-21)13-12-19(8-11-23-13)5-3-7-20-6-2-4-15-20/h2,4,6,13H,3,5,7-12H2,1H3/t13-/m0/s1. The molecule has 0 bridgehead atoms. The van der Waals surface area contributed by atoms with Gasteiger partial charge >= 0.3 is 0 Å². The second kappa shape index (κ2) is 8.14. The summed E-state index contributed by atoms with van der Waals surface area (Å²) in [6, 6.07) is 1.95. The van der Waals surface area contributed by atoms with E-state index in [-0.39, 0.29) is 6.10 Å². The number of hydrogen-bond donors (Lipinski definition) is 0. The normalized spacial score (nSPS) is 19.3. The molecule has 9 nitrogen and oxygen atoms in total. The Morgan fingerprint density at radius 2 is 2.30 bits per heavy atom. The Kier molecular flexibility index (Phi) is 5.67. The Morgan fingerprint density at radius 1 is 1.35 bits per heavy atom. The molecule has 1 saturated heterocycles. The second-order valence-corrected chi connectivity index (χ2v) is 5.54. The van der Waals surface area contributed by atoms with Gasteiger partial charge < -0.3 is 9.47 Å². The Balaban J connectivity index is 1.50. The maximum absolute atomic E-state index is 5.86. The average molecular weight is 321 g/mol. The highest BCUT2D eigenvalue weighted by atomic mass is 16.5. The van der Waals surface area contributed by atoms with Gasteiger partial charge in [0, 0.05) is 45.7 Å². The molecule has 9 heteroatoms. The van der Waals surface area contributed by atoms with Crippen LogP contribution in [0, 0.1) is 0 Å². The van der Waals surface area contributed by atoms with Gasteiger partial charge in [0.15, 0.2) is 5.82 Å². The molecule has 0 aliphatic carbocycles. The highest BCUT2D eigenvalue weighted by Gasteiger charge is 2.26. The Hall–Kier alpha value is -1.84. The summed E-state index contributed by atoms with van der Waals surface area (Å²) in [7, 11) is 1.67. The summed E-state index contributed by atoms with van der Waals surface area (Å²) >= 11 is 0. The Bertz CT molecular complexity index is 571. The van der Waals surface area contributed by atoms with Crippen LogP contribution in [-0.4, -0.2) is 74.8 Å². The molecule has 2 aromatic heterocycles. The lowest BCUT2D eigenvalue weighted by Gasteiger charge is -2.32. The van der Waals surface area contributed by atoms with Crippen molar-refractivity contribution in [2.75, 3.05) is 40.0 Å². The number of rotatable bonds is 8. The maximum atomic E-state index is 5.86. The van der Waals surface area contributed by atoms with E-state index in [2.05, 4.69) is 25.5 Å². The van der Waals surface area contributed by atoms with Gasteiger partial charge in [-0.05, 0) is 22.9 Å². The molecular weight excluding hydrogens is 298 g/mol. The van der Waals surface area contributed by atoms with Gasteiger partial charge in [-0.25, -0.2) is 4.68 Å². The molecule has 23 heavy (non-hydrogen) atoms. The summed E-state index contributed by atoms with van der Waals surface area (Å²) in [5, 5.41) is 16.1. The number of hydrogen-bond acceptors (Lipinski definition) is 7. The average Bonchev–Trinajstić information content (AvgIpc) is 3.25. The van der Waals surface area contributed by atoms with Crippen molar-refractivity contribution in [2.24, 2.45) is 0 Å². The Morgan fingerprint density at radius 3 is 3.13 bits per heavy atom. The van der Waals surface area contributed by atoms with Gasteiger partial charge in [0.1, 0.15) is 6.10 Å². The van der Waals surface area contributed by atoms with Crippen LogP contribution < -0.4 is 0 Å². The molecule has 0 saturated carbocycles. The van der Waals surface area contributed by atoms with Crippen LogP contribution in [0.1, 0.15) is 18.3 Å². The molecule has 3 heterocycles. The predicted octanol–water partition coefficient (Wildman–Crippen LogP) is -0.0204. The van der Waals surface area contributed by atoms with Crippen molar-refractivity contribution >= 4 is 0 Å². The molecule has 1 aliphatic rings. The molecule has 3 rings (SSSR count). The van der Waals surface area contributed by atoms with Crippen LogP contribution in [0.15, 0.2) is 18.5 Å². The maximum Gasteiger partial charge on any atom is 0.181 e. The topological polar surface area (TPSA) is 83.1 Å². The van der Waals surface area contributed by atoms with Crippen LogP contribution in [0.4, 0.5) is 0 Å². The monoisotopic (exact) mass is 321 g/mol. The van der Waals surface area contributed by atoms with Crippen LogP contribution in [0.25, 0.3) is 0 Å². The molecular formula is C14H23N7O2. The van der Waals surface area contributed by atoms with Gasteiger partial charge in [-0.2, -0.15) is 5.10 Å². The minimum Gasteiger partial charge on any atom is -0.383 e. The molecule has 126 valence electrons. The molecule has 1 atom stereocenters. The molecule has 0 amide bonds. The molecule has 0 N–H and O–H groups in total. The summed E-state index contributed by atoms with van der Waals surface area (Å²) in [6.07, 6.45) is 4.78. The Labute approximate surface area is 135 Å². The molecule has 1 aliphatic heterocycles. The smallest absolute Gasteiger partial charge is 0.181 e. The van der Waals surface area contributed by atoms with Crippen molar-refractivity contribution in [3.05, 3.63) is 24.3 Å². The number of ether oxygens (including phenoxy) is 2. The van der Waals surface area contributed by atoms with Crippen molar-refractivity contribution in [1.82, 2.24) is 34.9 Å². The van der Waals surface area contributed by atoms with E-state index in [9.17, 15) is 0 Å². The van der Waals surface area contributed by atoms with Crippen molar-refractivity contribution in [1.29, 1.82) is 0 Å². The van der Waals surface area contributed by atoms with Crippen molar-refractivity contribution in [2.45, 2.75) is 25.6 Å². The largest absolute Gasteiger partial charge is 0.383 e. The van der Waals surface area contributed by atoms with E-state index in [4.69, 9.17) is 9.47 Å². The van der Waals surface area contributed by atoms with E-state index >= 15 is 0 Å². The summed E-state index contributed by atoms with van der Waals surface area (Å²) in [4.78, 5) is 2.40. The van der Waals surface area contributed by atoms with Gasteiger partial charge in [-0.3, -0.25) is 9.58 Å². The first-order valence-electron chi connectivity index (χ1n) is 7.93. The summed E-state index contributed by atoms with van der Waals surface area (Å²) < 4.78 is 14.7. The van der Waals surface area contributed by atoms with E-state index in [1.165, 1.54) is 0 Å². The SMILES string of the molecule is COCCn1nnnc1[C@@H]1CN(CCCn2cccn2)CCO1. The van der Waals surface area contributed by atoms with E-state index in [0.29, 0.717) is 19.8 Å². The van der Waals surface area contributed by atoms with Gasteiger partial charge in [-0.1, -0.05) is 0 Å². The zero-order valence-corrected chi connectivity index (χ0v) is 13.4. The zero-order chi connectivity index (χ0) is 15.9. The molecule has 0 spiro atoms. The van der Waals surface area contributed by atoms with Gasteiger partial charge in [0.05, 0.1) is 19.8 Å². The van der Waals surface area contributed by atoms with Crippen LogP contribution in [0.3, 0.4) is 0 Å². The van der Waals surface area contributed by atoms with E-state index in [0.717, 1.165) is 38.4 Å². The lowest BCUT2D eigenvalue weighted by molar-refractivity contribution is -0.0373. The first-order valence-corrected chi connectivity index (χ1v) is 7.93. The van der Waals surface area contributed by atoms with E-state index in [1.807, 2.05) is 23.1 Å². The van der Waals surface area contributed by atoms with Crippen molar-refractivity contribution in [3.8, 4) is 0 Å². The highest BCUT2D eigenvalue weighted by molar-refractivity contribution is 4.92. The second-order valence-electron chi connectivity index (χ2n) is 5.54. The minimum atomic E-state index is -0.0830. The first kappa shape index (κ1) is 16.0. The number of aromatic nitrogens is 6. The fourth-order valence-electron chi connectivity index (χ4n) is 2.73. The molecule has 0 radical (unpaired) electrons. The summed E-state index contributed by atoms with van der Waals surface area (Å²) in [5.74, 6) is 0.777. The molecule has 2 aromatic rings. The lowest BCUT2D eigenvalue weighted by atomic mass is 10.2. The summed E-state index contributed by atoms with van der Waals surface area (Å²) in [6.45, 7) is 5.61. The quantitative estimate of drug-likeness (QED) is 0.675. The zero-order valence-electron chi connectivity index (χ0n) is 13.4. The molecule has 0 aromatic carbocycles. The number of aryl methyl sites for hydroxylation is 1. The number of nitrogens with zero attached hydrogens (tertiary/aromatic N) is 7. The van der Waals surface area contributed by atoms with Crippen molar-refractivity contribution < 1.29 is 9.47 Å². The van der Waals surface area contributed by atoms with Gasteiger partial charge in [0.25, 0.3) is 0 Å². The third-order valence-electron chi connectivity index (χ3n) is 3.93. The third-order valence-corrected chi connectivity index (χ3v) is 3.93. The van der Waals surface area contributed by atoms with Crippen LogP contribution in [0.2, 0.25) is 0 Å².